The number of nitroso groups, excluding NO2 is 1. The summed E-state index contributed by atoms with van der Waals surface area (Å²) in [6.07, 6.45) is 0. The zero-order valence-electron chi connectivity index (χ0n) is 5.13. The molecule has 1 amide bonds. The van der Waals surface area contributed by atoms with Gasteiger partial charge in [0.2, 0.25) is 5.91 Å². The third-order valence-corrected chi connectivity index (χ3v) is 0.956. The number of carbonyl (C=O) groups excluding carboxylic acids is 1. The molecule has 0 spiro atoms. The Morgan fingerprint density at radius 3 is 2.33 bits per heavy atom. The Hall–Kier alpha value is -0.970. The number of hydrogen-bond acceptors (Lipinski definition) is 4. The molecule has 52 valence electrons. The van der Waals surface area contributed by atoms with E-state index >= 15 is 0 Å². The van der Waals surface area contributed by atoms with Crippen molar-refractivity contribution in [3.05, 3.63) is 4.91 Å². The molecule has 0 rings (SSSR count). The summed E-state index contributed by atoms with van der Waals surface area (Å²) in [5, 5.41) is 2.45. The molecule has 0 aliphatic heterocycles. The number of rotatable bonds is 3. The molecule has 5 heteroatoms. The summed E-state index contributed by atoms with van der Waals surface area (Å²) in [6.45, 7) is 1.08. The van der Waals surface area contributed by atoms with E-state index in [4.69, 9.17) is 11.5 Å². The maximum absolute atomic E-state index is 10.3. The maximum atomic E-state index is 10.3. The van der Waals surface area contributed by atoms with Gasteiger partial charge in [0.15, 0.2) is 0 Å². The van der Waals surface area contributed by atoms with Gasteiger partial charge in [-0.1, -0.05) is 5.18 Å². The SMILES string of the molecule is CC(N)(CN=O)C(N)=O. The summed E-state index contributed by atoms with van der Waals surface area (Å²) in [4.78, 5) is 19.9. The lowest BCUT2D eigenvalue weighted by atomic mass is 10.0. The van der Waals surface area contributed by atoms with E-state index in [1.807, 2.05) is 0 Å². The van der Waals surface area contributed by atoms with Crippen molar-refractivity contribution in [2.45, 2.75) is 12.5 Å². The first kappa shape index (κ1) is 8.03. The molecule has 0 fully saturated rings. The van der Waals surface area contributed by atoms with Crippen LogP contribution in [0.1, 0.15) is 6.92 Å². The molecule has 5 nitrogen and oxygen atoms in total. The molecule has 0 saturated heterocycles. The smallest absolute Gasteiger partial charge is 0.239 e. The molecular weight excluding hydrogens is 122 g/mol. The Bertz CT molecular complexity index is 132. The molecule has 4 N–H and O–H groups in total. The second-order valence-electron chi connectivity index (χ2n) is 2.07. The van der Waals surface area contributed by atoms with Crippen LogP contribution in [0.4, 0.5) is 0 Å². The van der Waals surface area contributed by atoms with Gasteiger partial charge in [-0.3, -0.25) is 4.79 Å². The quantitative estimate of drug-likeness (QED) is 0.478. The molecule has 1 atom stereocenters. The zero-order chi connectivity index (χ0) is 7.49. The monoisotopic (exact) mass is 131 g/mol. The van der Waals surface area contributed by atoms with Crippen LogP contribution >= 0.6 is 0 Å². The van der Waals surface area contributed by atoms with Crippen LogP contribution in [0.5, 0.6) is 0 Å². The van der Waals surface area contributed by atoms with Gasteiger partial charge in [-0.25, -0.2) is 0 Å². The van der Waals surface area contributed by atoms with Crippen molar-refractivity contribution in [1.29, 1.82) is 0 Å². The third kappa shape index (κ3) is 2.18. The summed E-state index contributed by atoms with van der Waals surface area (Å²) < 4.78 is 0. The molecule has 1 unspecified atom stereocenters. The van der Waals surface area contributed by atoms with Gasteiger partial charge < -0.3 is 11.5 Å². The molecule has 0 aliphatic carbocycles. The van der Waals surface area contributed by atoms with Gasteiger partial charge in [0.25, 0.3) is 0 Å². The minimum Gasteiger partial charge on any atom is -0.368 e. The van der Waals surface area contributed by atoms with E-state index in [0.29, 0.717) is 0 Å². The highest BCUT2D eigenvalue weighted by Gasteiger charge is 2.25. The standard InChI is InChI=1S/C4H9N3O2/c1-4(6,2-7-9)3(5)8/h2,6H2,1H3,(H2,5,8). The predicted molar refractivity (Wildman–Crippen MR) is 32.4 cm³/mol. The molecule has 0 radical (unpaired) electrons. The van der Waals surface area contributed by atoms with Crippen LogP contribution in [0.2, 0.25) is 0 Å². The first-order valence-electron chi connectivity index (χ1n) is 2.38. The largest absolute Gasteiger partial charge is 0.368 e. The summed E-state index contributed by atoms with van der Waals surface area (Å²) >= 11 is 0. The van der Waals surface area contributed by atoms with E-state index in [0.717, 1.165) is 0 Å². The number of nitrogens with two attached hydrogens (primary N) is 2. The summed E-state index contributed by atoms with van der Waals surface area (Å²) in [7, 11) is 0. The first-order valence-corrected chi connectivity index (χ1v) is 2.38. The number of primary amides is 1. The van der Waals surface area contributed by atoms with E-state index in [9.17, 15) is 9.70 Å². The van der Waals surface area contributed by atoms with Gasteiger partial charge in [0.1, 0.15) is 12.1 Å². The van der Waals surface area contributed by atoms with Crippen LogP contribution in [-0.2, 0) is 4.79 Å². The Labute approximate surface area is 52.4 Å². The van der Waals surface area contributed by atoms with E-state index in [1.54, 1.807) is 0 Å². The Morgan fingerprint density at radius 1 is 1.78 bits per heavy atom. The Balaban J connectivity index is 4.00. The molecule has 0 aromatic heterocycles. The van der Waals surface area contributed by atoms with Crippen LogP contribution in [0.25, 0.3) is 0 Å². The van der Waals surface area contributed by atoms with E-state index in [2.05, 4.69) is 5.18 Å². The summed E-state index contributed by atoms with van der Waals surface area (Å²) in [5.74, 6) is -0.720. The van der Waals surface area contributed by atoms with Gasteiger partial charge in [-0.05, 0) is 6.92 Å². The fourth-order valence-electron chi connectivity index (χ4n) is 0.212. The molecule has 9 heavy (non-hydrogen) atoms. The van der Waals surface area contributed by atoms with Crippen molar-refractivity contribution < 1.29 is 4.79 Å². The number of hydrogen-bond donors (Lipinski definition) is 2. The highest BCUT2D eigenvalue weighted by atomic mass is 16.3. The van der Waals surface area contributed by atoms with Crippen molar-refractivity contribution in [2.75, 3.05) is 6.54 Å². The van der Waals surface area contributed by atoms with Crippen LogP contribution in [-0.4, -0.2) is 18.0 Å². The van der Waals surface area contributed by atoms with Crippen molar-refractivity contribution in [3.63, 3.8) is 0 Å². The van der Waals surface area contributed by atoms with Gasteiger partial charge in [0, 0.05) is 0 Å². The lowest BCUT2D eigenvalue weighted by Gasteiger charge is -2.14. The van der Waals surface area contributed by atoms with Crippen molar-refractivity contribution in [2.24, 2.45) is 16.6 Å². The van der Waals surface area contributed by atoms with Gasteiger partial charge in [-0.2, -0.15) is 4.91 Å². The molecule has 0 bridgehead atoms. The predicted octanol–water partition coefficient (Wildman–Crippen LogP) is -1.04. The third-order valence-electron chi connectivity index (χ3n) is 0.956. The minimum absolute atomic E-state index is 0.275. The molecule has 0 saturated carbocycles. The Kier molecular flexibility index (Phi) is 2.27. The molecular formula is C4H9N3O2. The van der Waals surface area contributed by atoms with Crippen LogP contribution in [0, 0.1) is 4.91 Å². The lowest BCUT2D eigenvalue weighted by Crippen LogP contribution is -2.51. The fourth-order valence-corrected chi connectivity index (χ4v) is 0.212. The summed E-state index contributed by atoms with van der Waals surface area (Å²) in [6, 6.07) is 0. The van der Waals surface area contributed by atoms with Crippen LogP contribution in [0.15, 0.2) is 5.18 Å². The average Bonchev–Trinajstić information content (AvgIpc) is 1.65. The highest BCUT2D eigenvalue weighted by molar-refractivity contribution is 5.84. The van der Waals surface area contributed by atoms with Crippen molar-refractivity contribution in [3.8, 4) is 0 Å². The van der Waals surface area contributed by atoms with Crippen LogP contribution < -0.4 is 11.5 Å². The second-order valence-corrected chi connectivity index (χ2v) is 2.07. The molecule has 0 aliphatic rings. The molecule has 0 aromatic rings. The maximum Gasteiger partial charge on any atom is 0.239 e. The average molecular weight is 131 g/mol. The fraction of sp³-hybridized carbons (Fsp3) is 0.750. The molecule has 0 aromatic carbocycles. The highest BCUT2D eigenvalue weighted by Crippen LogP contribution is 1.96. The van der Waals surface area contributed by atoms with Gasteiger partial charge in [0.05, 0.1) is 0 Å². The normalized spacial score (nSPS) is 16.2. The van der Waals surface area contributed by atoms with E-state index in [-0.39, 0.29) is 6.54 Å². The van der Waals surface area contributed by atoms with Crippen molar-refractivity contribution in [1.82, 2.24) is 0 Å². The molecule has 0 heterocycles. The van der Waals surface area contributed by atoms with Crippen LogP contribution in [0.3, 0.4) is 0 Å². The topological polar surface area (TPSA) is 98.5 Å². The van der Waals surface area contributed by atoms with Gasteiger partial charge >= 0.3 is 0 Å². The van der Waals surface area contributed by atoms with Crippen molar-refractivity contribution >= 4 is 5.91 Å². The number of carbonyl (C=O) groups is 1. The van der Waals surface area contributed by atoms with Gasteiger partial charge in [-0.15, -0.1) is 0 Å². The first-order chi connectivity index (χ1) is 4.00. The number of nitrogens with zero attached hydrogens (tertiary/aromatic N) is 1. The van der Waals surface area contributed by atoms with E-state index in [1.165, 1.54) is 6.92 Å². The lowest BCUT2D eigenvalue weighted by molar-refractivity contribution is -0.122. The zero-order valence-corrected chi connectivity index (χ0v) is 5.13. The second kappa shape index (κ2) is 2.54. The van der Waals surface area contributed by atoms with E-state index < -0.39 is 11.4 Å². The summed E-state index contributed by atoms with van der Waals surface area (Å²) in [5.41, 5.74) is 8.71. The Morgan fingerprint density at radius 2 is 2.22 bits per heavy atom. The minimum atomic E-state index is -1.29. The number of amides is 1.